The lowest BCUT2D eigenvalue weighted by atomic mass is 10.1. The van der Waals surface area contributed by atoms with E-state index in [4.69, 9.17) is 10.00 Å². The molecule has 96 valence electrons. The minimum absolute atomic E-state index is 0.0565. The summed E-state index contributed by atoms with van der Waals surface area (Å²) < 4.78 is 18.6. The molecule has 0 aliphatic carbocycles. The SMILES string of the molecule is Cc1c(F)cc(C#N)cc1NC(=O)COC(C)C. The van der Waals surface area contributed by atoms with Crippen LogP contribution >= 0.6 is 0 Å². The first kappa shape index (κ1) is 14.1. The smallest absolute Gasteiger partial charge is 0.250 e. The lowest BCUT2D eigenvalue weighted by Gasteiger charge is -2.11. The molecule has 0 heterocycles. The zero-order valence-electron chi connectivity index (χ0n) is 10.6. The number of anilines is 1. The second kappa shape index (κ2) is 6.12. The monoisotopic (exact) mass is 250 g/mol. The second-order valence-corrected chi connectivity index (χ2v) is 4.15. The number of carbonyl (C=O) groups excluding carboxylic acids is 1. The zero-order valence-corrected chi connectivity index (χ0v) is 10.6. The molecule has 1 N–H and O–H groups in total. The molecule has 1 aromatic rings. The van der Waals surface area contributed by atoms with Crippen molar-refractivity contribution in [3.8, 4) is 6.07 Å². The maximum absolute atomic E-state index is 13.5. The van der Waals surface area contributed by atoms with Crippen molar-refractivity contribution in [3.63, 3.8) is 0 Å². The van der Waals surface area contributed by atoms with Crippen molar-refractivity contribution in [2.75, 3.05) is 11.9 Å². The Bertz CT molecular complexity index is 492. The Labute approximate surface area is 105 Å². The van der Waals surface area contributed by atoms with Crippen LogP contribution in [0.1, 0.15) is 25.0 Å². The molecule has 0 atom stereocenters. The molecule has 0 fully saturated rings. The van der Waals surface area contributed by atoms with Gasteiger partial charge in [-0.3, -0.25) is 4.79 Å². The van der Waals surface area contributed by atoms with Crippen molar-refractivity contribution in [1.82, 2.24) is 0 Å². The van der Waals surface area contributed by atoms with Gasteiger partial charge in [0, 0.05) is 11.3 Å². The number of carbonyl (C=O) groups is 1. The van der Waals surface area contributed by atoms with E-state index in [2.05, 4.69) is 5.32 Å². The van der Waals surface area contributed by atoms with Crippen LogP contribution < -0.4 is 5.32 Å². The molecule has 0 radical (unpaired) electrons. The average molecular weight is 250 g/mol. The van der Waals surface area contributed by atoms with Gasteiger partial charge >= 0.3 is 0 Å². The number of nitrogens with one attached hydrogen (secondary N) is 1. The molecule has 0 aliphatic heterocycles. The predicted octanol–water partition coefficient (Wildman–Crippen LogP) is 2.37. The third-order valence-corrected chi connectivity index (χ3v) is 2.30. The number of amides is 1. The number of hydrogen-bond acceptors (Lipinski definition) is 3. The highest BCUT2D eigenvalue weighted by Gasteiger charge is 2.10. The lowest BCUT2D eigenvalue weighted by Crippen LogP contribution is -2.21. The average Bonchev–Trinajstić information content (AvgIpc) is 2.32. The fourth-order valence-corrected chi connectivity index (χ4v) is 1.30. The first-order valence-corrected chi connectivity index (χ1v) is 5.55. The molecule has 0 aromatic heterocycles. The topological polar surface area (TPSA) is 62.1 Å². The number of halogens is 1. The van der Waals surface area contributed by atoms with Gasteiger partial charge in [0.1, 0.15) is 12.4 Å². The summed E-state index contributed by atoms with van der Waals surface area (Å²) in [6.07, 6.45) is -0.0565. The summed E-state index contributed by atoms with van der Waals surface area (Å²) >= 11 is 0. The summed E-state index contributed by atoms with van der Waals surface area (Å²) in [6.45, 7) is 5.06. The fourth-order valence-electron chi connectivity index (χ4n) is 1.30. The van der Waals surface area contributed by atoms with Crippen LogP contribution in [0.3, 0.4) is 0 Å². The van der Waals surface area contributed by atoms with Crippen molar-refractivity contribution in [2.24, 2.45) is 0 Å². The minimum atomic E-state index is -0.519. The molecule has 1 rings (SSSR count). The van der Waals surface area contributed by atoms with E-state index in [9.17, 15) is 9.18 Å². The first-order valence-electron chi connectivity index (χ1n) is 5.55. The van der Waals surface area contributed by atoms with Crippen LogP contribution in [0.2, 0.25) is 0 Å². The van der Waals surface area contributed by atoms with Gasteiger partial charge in [-0.2, -0.15) is 5.26 Å². The van der Waals surface area contributed by atoms with Crippen molar-refractivity contribution in [1.29, 1.82) is 5.26 Å². The summed E-state index contributed by atoms with van der Waals surface area (Å²) in [5.41, 5.74) is 0.758. The molecular weight excluding hydrogens is 235 g/mol. The van der Waals surface area contributed by atoms with Crippen molar-refractivity contribution >= 4 is 11.6 Å². The second-order valence-electron chi connectivity index (χ2n) is 4.15. The molecule has 4 nitrogen and oxygen atoms in total. The molecule has 0 spiro atoms. The first-order chi connectivity index (χ1) is 8.43. The highest BCUT2D eigenvalue weighted by Crippen LogP contribution is 2.20. The zero-order chi connectivity index (χ0) is 13.7. The number of ether oxygens (including phenoxy) is 1. The Morgan fingerprint density at radius 3 is 2.78 bits per heavy atom. The van der Waals surface area contributed by atoms with Gasteiger partial charge in [-0.05, 0) is 32.9 Å². The molecule has 0 saturated carbocycles. The quantitative estimate of drug-likeness (QED) is 0.892. The van der Waals surface area contributed by atoms with Gasteiger partial charge in [0.05, 0.1) is 17.7 Å². The normalized spacial score (nSPS) is 10.2. The number of hydrogen-bond donors (Lipinski definition) is 1. The molecule has 18 heavy (non-hydrogen) atoms. The molecule has 0 unspecified atom stereocenters. The molecule has 0 aliphatic rings. The summed E-state index contributed by atoms with van der Waals surface area (Å²) in [7, 11) is 0. The van der Waals surface area contributed by atoms with Crippen LogP contribution in [0.25, 0.3) is 0 Å². The molecular formula is C13H15FN2O2. The van der Waals surface area contributed by atoms with Gasteiger partial charge in [-0.1, -0.05) is 0 Å². The molecule has 0 bridgehead atoms. The van der Waals surface area contributed by atoms with Gasteiger partial charge in [0.25, 0.3) is 0 Å². The Balaban J connectivity index is 2.81. The molecule has 0 saturated heterocycles. The predicted molar refractivity (Wildman–Crippen MR) is 65.6 cm³/mol. The van der Waals surface area contributed by atoms with Crippen molar-refractivity contribution < 1.29 is 13.9 Å². The van der Waals surface area contributed by atoms with E-state index in [0.717, 1.165) is 6.07 Å². The highest BCUT2D eigenvalue weighted by molar-refractivity contribution is 5.92. The minimum Gasteiger partial charge on any atom is -0.369 e. The van der Waals surface area contributed by atoms with Crippen LogP contribution in [0.15, 0.2) is 12.1 Å². The molecule has 1 amide bonds. The van der Waals surface area contributed by atoms with Gasteiger partial charge in [0.2, 0.25) is 5.91 Å². The number of benzene rings is 1. The highest BCUT2D eigenvalue weighted by atomic mass is 19.1. The fraction of sp³-hybridized carbons (Fsp3) is 0.385. The van der Waals surface area contributed by atoms with Crippen LogP contribution in [-0.4, -0.2) is 18.6 Å². The Kier molecular flexibility index (Phi) is 4.81. The van der Waals surface area contributed by atoms with Crippen LogP contribution in [0, 0.1) is 24.1 Å². The van der Waals surface area contributed by atoms with Crippen LogP contribution in [0.5, 0.6) is 0 Å². The number of rotatable bonds is 4. The summed E-state index contributed by atoms with van der Waals surface area (Å²) in [4.78, 5) is 11.5. The summed E-state index contributed by atoms with van der Waals surface area (Å²) in [6, 6.07) is 4.41. The van der Waals surface area contributed by atoms with E-state index in [0.29, 0.717) is 11.3 Å². The largest absolute Gasteiger partial charge is 0.369 e. The van der Waals surface area contributed by atoms with Gasteiger partial charge in [0.15, 0.2) is 0 Å². The molecule has 5 heteroatoms. The summed E-state index contributed by atoms with van der Waals surface area (Å²) in [5, 5.41) is 11.3. The van der Waals surface area contributed by atoms with E-state index < -0.39 is 5.82 Å². The van der Waals surface area contributed by atoms with E-state index in [-0.39, 0.29) is 24.2 Å². The Morgan fingerprint density at radius 2 is 2.22 bits per heavy atom. The van der Waals surface area contributed by atoms with Crippen molar-refractivity contribution in [3.05, 3.63) is 29.1 Å². The van der Waals surface area contributed by atoms with Gasteiger partial charge < -0.3 is 10.1 Å². The Hall–Kier alpha value is -1.93. The lowest BCUT2D eigenvalue weighted by molar-refractivity contribution is -0.121. The van der Waals surface area contributed by atoms with E-state index in [1.54, 1.807) is 0 Å². The maximum atomic E-state index is 13.5. The maximum Gasteiger partial charge on any atom is 0.250 e. The third-order valence-electron chi connectivity index (χ3n) is 2.30. The van der Waals surface area contributed by atoms with E-state index >= 15 is 0 Å². The number of nitrogens with zero attached hydrogens (tertiary/aromatic N) is 1. The number of nitriles is 1. The van der Waals surface area contributed by atoms with E-state index in [1.807, 2.05) is 19.9 Å². The molecule has 1 aromatic carbocycles. The van der Waals surface area contributed by atoms with Crippen molar-refractivity contribution in [2.45, 2.75) is 26.9 Å². The van der Waals surface area contributed by atoms with E-state index in [1.165, 1.54) is 13.0 Å². The van der Waals surface area contributed by atoms with Crippen LogP contribution in [0.4, 0.5) is 10.1 Å². The standard InChI is InChI=1S/C13H15FN2O2/c1-8(2)18-7-13(17)16-12-5-10(6-15)4-11(14)9(12)3/h4-5,8H,7H2,1-3H3,(H,16,17). The summed E-state index contributed by atoms with van der Waals surface area (Å²) in [5.74, 6) is -0.893. The van der Waals surface area contributed by atoms with Gasteiger partial charge in [-0.25, -0.2) is 4.39 Å². The van der Waals surface area contributed by atoms with Gasteiger partial charge in [-0.15, -0.1) is 0 Å². The Morgan fingerprint density at radius 1 is 1.56 bits per heavy atom. The third kappa shape index (κ3) is 3.82. The van der Waals surface area contributed by atoms with Crippen LogP contribution in [-0.2, 0) is 9.53 Å².